The van der Waals surface area contributed by atoms with E-state index in [9.17, 15) is 13.2 Å². The van der Waals surface area contributed by atoms with Crippen LogP contribution in [0.3, 0.4) is 0 Å². The first-order chi connectivity index (χ1) is 10.1. The van der Waals surface area contributed by atoms with E-state index in [1.807, 2.05) is 26.8 Å². The maximum absolute atomic E-state index is 12.0. The van der Waals surface area contributed by atoms with Crippen LogP contribution in [0.25, 0.3) is 5.57 Å². The van der Waals surface area contributed by atoms with Crippen molar-refractivity contribution in [3.05, 3.63) is 23.1 Å². The zero-order valence-corrected chi connectivity index (χ0v) is 14.3. The maximum Gasteiger partial charge on any atom is 0.410 e. The first-order valence-electron chi connectivity index (χ1n) is 6.81. The van der Waals surface area contributed by atoms with Gasteiger partial charge in [0.1, 0.15) is 9.81 Å². The third-order valence-electron chi connectivity index (χ3n) is 3.01. The summed E-state index contributed by atoms with van der Waals surface area (Å²) in [6, 6.07) is 3.05. The van der Waals surface area contributed by atoms with Crippen molar-refractivity contribution < 1.29 is 22.5 Å². The summed E-state index contributed by atoms with van der Waals surface area (Å²) in [6.07, 6.45) is 2.14. The minimum Gasteiger partial charge on any atom is -0.444 e. The molecule has 0 saturated carbocycles. The van der Waals surface area contributed by atoms with Crippen LogP contribution < -0.4 is 0 Å². The molecular formula is C14H19NO5S2. The van der Waals surface area contributed by atoms with Crippen LogP contribution in [0.15, 0.2) is 22.4 Å². The van der Waals surface area contributed by atoms with E-state index in [1.54, 1.807) is 11.0 Å². The highest BCUT2D eigenvalue weighted by Crippen LogP contribution is 2.31. The highest BCUT2D eigenvalue weighted by molar-refractivity contribution is 7.88. The van der Waals surface area contributed by atoms with Crippen molar-refractivity contribution in [3.63, 3.8) is 0 Å². The lowest BCUT2D eigenvalue weighted by atomic mass is 10.1. The molecule has 1 aliphatic rings. The van der Waals surface area contributed by atoms with E-state index in [1.165, 1.54) is 6.07 Å². The van der Waals surface area contributed by atoms with Gasteiger partial charge in [-0.05, 0) is 44.9 Å². The maximum atomic E-state index is 12.0. The number of amides is 1. The fraction of sp³-hybridized carbons (Fsp3) is 0.500. The Morgan fingerprint density at radius 2 is 2.05 bits per heavy atom. The van der Waals surface area contributed by atoms with Crippen molar-refractivity contribution >= 4 is 33.1 Å². The first-order valence-corrected chi connectivity index (χ1v) is 9.06. The van der Waals surface area contributed by atoms with Gasteiger partial charge in [-0.15, -0.1) is 11.3 Å². The Kier molecular flexibility index (Phi) is 4.65. The van der Waals surface area contributed by atoms with Crippen LogP contribution in [-0.4, -0.2) is 42.7 Å². The molecule has 0 unspecified atom stereocenters. The first kappa shape index (κ1) is 17.0. The number of carbonyl (C=O) groups is 1. The molecule has 0 aromatic carbocycles. The molecule has 0 saturated heterocycles. The van der Waals surface area contributed by atoms with Gasteiger partial charge in [-0.2, -0.15) is 8.42 Å². The zero-order valence-electron chi connectivity index (χ0n) is 12.7. The van der Waals surface area contributed by atoms with Crippen LogP contribution in [0.2, 0.25) is 0 Å². The van der Waals surface area contributed by atoms with Crippen LogP contribution in [-0.2, 0) is 14.9 Å². The molecule has 1 aromatic heterocycles. The summed E-state index contributed by atoms with van der Waals surface area (Å²) in [5, 5.41) is 0. The van der Waals surface area contributed by atoms with Crippen molar-refractivity contribution in [2.75, 3.05) is 13.1 Å². The minimum atomic E-state index is -4.16. The van der Waals surface area contributed by atoms with Crippen molar-refractivity contribution in [1.82, 2.24) is 4.90 Å². The van der Waals surface area contributed by atoms with Gasteiger partial charge < -0.3 is 9.64 Å². The summed E-state index contributed by atoms with van der Waals surface area (Å²) in [5.74, 6) is 0. The standard InChI is InChI=1S/C14H19NO5S2/c1-14(2,3)20-13(16)15-8-6-10(7-9-15)11-4-5-12(21-11)22(17,18)19/h4-6H,7-9H2,1-3H3,(H,17,18,19). The molecule has 6 nitrogen and oxygen atoms in total. The van der Waals surface area contributed by atoms with Crippen LogP contribution in [0.1, 0.15) is 32.1 Å². The number of carbonyl (C=O) groups excluding carboxylic acids is 1. The lowest BCUT2D eigenvalue weighted by Gasteiger charge is -2.29. The normalized spacial score (nSPS) is 16.4. The van der Waals surface area contributed by atoms with E-state index in [0.29, 0.717) is 19.5 Å². The van der Waals surface area contributed by atoms with E-state index in [2.05, 4.69) is 0 Å². The van der Waals surface area contributed by atoms with Crippen LogP contribution in [0, 0.1) is 0 Å². The van der Waals surface area contributed by atoms with Crippen LogP contribution in [0.4, 0.5) is 4.79 Å². The number of hydrogen-bond acceptors (Lipinski definition) is 5. The largest absolute Gasteiger partial charge is 0.444 e. The molecule has 22 heavy (non-hydrogen) atoms. The Balaban J connectivity index is 2.06. The van der Waals surface area contributed by atoms with Gasteiger partial charge in [0.05, 0.1) is 0 Å². The Bertz CT molecular complexity index is 697. The van der Waals surface area contributed by atoms with Gasteiger partial charge in [0, 0.05) is 18.0 Å². The van der Waals surface area contributed by atoms with Crippen LogP contribution in [0.5, 0.6) is 0 Å². The topological polar surface area (TPSA) is 83.9 Å². The number of hydrogen-bond donors (Lipinski definition) is 1. The lowest BCUT2D eigenvalue weighted by Crippen LogP contribution is -2.39. The Morgan fingerprint density at radius 1 is 1.36 bits per heavy atom. The quantitative estimate of drug-likeness (QED) is 0.833. The van der Waals surface area contributed by atoms with Gasteiger partial charge in [0.25, 0.3) is 0 Å². The molecule has 1 N–H and O–H groups in total. The summed E-state index contributed by atoms with van der Waals surface area (Å²) in [6.45, 7) is 6.39. The van der Waals surface area contributed by atoms with Gasteiger partial charge in [-0.1, -0.05) is 6.08 Å². The highest BCUT2D eigenvalue weighted by Gasteiger charge is 2.24. The SMILES string of the molecule is CC(C)(C)OC(=O)N1CC=C(c2ccc(S(=O)(=O)O)s2)CC1. The zero-order chi connectivity index (χ0) is 16.5. The molecule has 1 aliphatic heterocycles. The smallest absolute Gasteiger partial charge is 0.410 e. The molecule has 0 radical (unpaired) electrons. The van der Waals surface area contributed by atoms with Gasteiger partial charge >= 0.3 is 16.2 Å². The monoisotopic (exact) mass is 345 g/mol. The fourth-order valence-electron chi connectivity index (χ4n) is 2.02. The van der Waals surface area contributed by atoms with E-state index in [4.69, 9.17) is 9.29 Å². The number of nitrogens with zero attached hydrogens (tertiary/aromatic N) is 1. The lowest BCUT2D eigenvalue weighted by molar-refractivity contribution is 0.0270. The van der Waals surface area contributed by atoms with E-state index in [-0.39, 0.29) is 10.3 Å². The van der Waals surface area contributed by atoms with Crippen molar-refractivity contribution in [2.45, 2.75) is 37.0 Å². The van der Waals surface area contributed by atoms with Crippen molar-refractivity contribution in [1.29, 1.82) is 0 Å². The van der Waals surface area contributed by atoms with Crippen molar-refractivity contribution in [2.24, 2.45) is 0 Å². The Morgan fingerprint density at radius 3 is 2.50 bits per heavy atom. The van der Waals surface area contributed by atoms with E-state index in [0.717, 1.165) is 21.8 Å². The molecule has 0 atom stereocenters. The number of rotatable bonds is 2. The summed E-state index contributed by atoms with van der Waals surface area (Å²) in [4.78, 5) is 14.3. The predicted molar refractivity (Wildman–Crippen MR) is 84.5 cm³/mol. The number of thiophene rings is 1. The molecule has 122 valence electrons. The van der Waals surface area contributed by atoms with Gasteiger partial charge in [0.2, 0.25) is 0 Å². The summed E-state index contributed by atoms with van der Waals surface area (Å²) >= 11 is 1.03. The molecule has 0 spiro atoms. The molecular weight excluding hydrogens is 326 g/mol. The predicted octanol–water partition coefficient (Wildman–Crippen LogP) is 3.02. The summed E-state index contributed by atoms with van der Waals surface area (Å²) < 4.78 is 36.4. The van der Waals surface area contributed by atoms with E-state index < -0.39 is 15.7 Å². The average molecular weight is 345 g/mol. The second kappa shape index (κ2) is 6.02. The van der Waals surface area contributed by atoms with Gasteiger partial charge in [-0.25, -0.2) is 4.79 Å². The molecule has 0 bridgehead atoms. The summed E-state index contributed by atoms with van der Waals surface area (Å²) in [7, 11) is -4.16. The minimum absolute atomic E-state index is 0.0713. The Labute approximate surface area is 134 Å². The molecule has 0 fully saturated rings. The Hall–Kier alpha value is -1.38. The second-order valence-corrected chi connectivity index (χ2v) is 8.73. The third kappa shape index (κ3) is 4.31. The van der Waals surface area contributed by atoms with Gasteiger partial charge in [0.15, 0.2) is 0 Å². The molecule has 0 aliphatic carbocycles. The van der Waals surface area contributed by atoms with Gasteiger partial charge in [-0.3, -0.25) is 4.55 Å². The molecule has 1 amide bonds. The second-order valence-electron chi connectivity index (χ2n) is 6.00. The van der Waals surface area contributed by atoms with E-state index >= 15 is 0 Å². The molecule has 1 aromatic rings. The fourth-order valence-corrected chi connectivity index (χ4v) is 3.75. The summed E-state index contributed by atoms with van der Waals surface area (Å²) in [5.41, 5.74) is 0.443. The molecule has 2 heterocycles. The third-order valence-corrected chi connectivity index (χ3v) is 5.49. The van der Waals surface area contributed by atoms with Crippen molar-refractivity contribution in [3.8, 4) is 0 Å². The molecule has 8 heteroatoms. The van der Waals surface area contributed by atoms with Crippen LogP contribution >= 0.6 is 11.3 Å². The average Bonchev–Trinajstić information content (AvgIpc) is 2.86. The number of ether oxygens (including phenoxy) is 1. The molecule has 2 rings (SSSR count). The highest BCUT2D eigenvalue weighted by atomic mass is 32.3.